The van der Waals surface area contributed by atoms with Crippen molar-refractivity contribution in [1.29, 1.82) is 0 Å². The number of ether oxygens (including phenoxy) is 3. The zero-order chi connectivity index (χ0) is 14.1. The van der Waals surface area contributed by atoms with Crippen LogP contribution < -0.4 is 14.2 Å². The number of hydrogen-bond acceptors (Lipinski definition) is 5. The highest BCUT2D eigenvalue weighted by Gasteiger charge is 2.23. The van der Waals surface area contributed by atoms with Crippen LogP contribution in [-0.4, -0.2) is 24.0 Å². The summed E-state index contributed by atoms with van der Waals surface area (Å²) in [5, 5.41) is 10.5. The van der Waals surface area contributed by atoms with Crippen molar-refractivity contribution in [3.63, 3.8) is 0 Å². The second-order valence-electron chi connectivity index (χ2n) is 4.59. The van der Waals surface area contributed by atoms with Crippen molar-refractivity contribution < 1.29 is 19.3 Å². The molecular formula is C15H15NO4. The Kier molecular flexibility index (Phi) is 3.20. The molecule has 5 heteroatoms. The number of rotatable bonds is 3. The van der Waals surface area contributed by atoms with Gasteiger partial charge in [-0.25, -0.2) is 0 Å². The Morgan fingerprint density at radius 2 is 2.20 bits per heavy atom. The number of methoxy groups -OCH3 is 1. The smallest absolute Gasteiger partial charge is 0.231 e. The quantitative estimate of drug-likeness (QED) is 0.929. The van der Waals surface area contributed by atoms with Crippen LogP contribution in [-0.2, 0) is 0 Å². The Hall–Kier alpha value is -2.27. The first-order chi connectivity index (χ1) is 9.70. The van der Waals surface area contributed by atoms with Gasteiger partial charge in [0, 0.05) is 18.0 Å². The number of aliphatic hydroxyl groups excluding tert-OH is 1. The molecule has 0 spiro atoms. The Morgan fingerprint density at radius 3 is 2.95 bits per heavy atom. The van der Waals surface area contributed by atoms with Crippen LogP contribution in [0.15, 0.2) is 30.6 Å². The fourth-order valence-electron chi connectivity index (χ4n) is 2.25. The molecule has 1 aromatic heterocycles. The fraction of sp³-hybridized carbons (Fsp3) is 0.267. The second kappa shape index (κ2) is 5.02. The van der Waals surface area contributed by atoms with Crippen molar-refractivity contribution >= 4 is 0 Å². The third-order valence-electron chi connectivity index (χ3n) is 3.37. The van der Waals surface area contributed by atoms with Gasteiger partial charge < -0.3 is 19.3 Å². The molecule has 1 aromatic carbocycles. The van der Waals surface area contributed by atoms with Crippen molar-refractivity contribution in [3.8, 4) is 17.2 Å². The molecule has 2 aromatic rings. The number of aliphatic hydroxyl groups is 1. The first-order valence-corrected chi connectivity index (χ1v) is 6.27. The molecule has 1 atom stereocenters. The van der Waals surface area contributed by atoms with Gasteiger partial charge in [0.1, 0.15) is 6.10 Å². The van der Waals surface area contributed by atoms with E-state index in [0.717, 1.165) is 11.1 Å². The minimum atomic E-state index is -0.785. The summed E-state index contributed by atoms with van der Waals surface area (Å²) in [6.45, 7) is 2.10. The Labute approximate surface area is 116 Å². The number of nitrogens with zero attached hydrogens (tertiary/aromatic N) is 1. The van der Waals surface area contributed by atoms with Crippen LogP contribution >= 0.6 is 0 Å². The van der Waals surface area contributed by atoms with Crippen LogP contribution in [0.1, 0.15) is 22.8 Å². The van der Waals surface area contributed by atoms with Crippen molar-refractivity contribution in [3.05, 3.63) is 47.3 Å². The molecule has 0 saturated carbocycles. The molecule has 0 amide bonds. The zero-order valence-corrected chi connectivity index (χ0v) is 11.3. The topological polar surface area (TPSA) is 60.8 Å². The van der Waals surface area contributed by atoms with Gasteiger partial charge in [-0.05, 0) is 36.2 Å². The van der Waals surface area contributed by atoms with Crippen LogP contribution in [0.2, 0.25) is 0 Å². The van der Waals surface area contributed by atoms with E-state index in [1.807, 2.05) is 13.0 Å². The van der Waals surface area contributed by atoms with E-state index < -0.39 is 6.10 Å². The van der Waals surface area contributed by atoms with Crippen LogP contribution in [0.4, 0.5) is 0 Å². The highest BCUT2D eigenvalue weighted by Crippen LogP contribution is 2.43. The van der Waals surface area contributed by atoms with E-state index in [2.05, 4.69) is 4.98 Å². The lowest BCUT2D eigenvalue weighted by Gasteiger charge is -2.15. The van der Waals surface area contributed by atoms with Gasteiger partial charge in [-0.1, -0.05) is 0 Å². The Morgan fingerprint density at radius 1 is 1.35 bits per heavy atom. The molecule has 1 aliphatic rings. The lowest BCUT2D eigenvalue weighted by atomic mass is 9.99. The van der Waals surface area contributed by atoms with E-state index in [1.165, 1.54) is 0 Å². The van der Waals surface area contributed by atoms with E-state index in [1.54, 1.807) is 31.6 Å². The van der Waals surface area contributed by atoms with Gasteiger partial charge in [0.25, 0.3) is 0 Å². The molecule has 5 nitrogen and oxygen atoms in total. The van der Waals surface area contributed by atoms with E-state index in [-0.39, 0.29) is 6.79 Å². The number of pyridine rings is 1. The van der Waals surface area contributed by atoms with Crippen LogP contribution in [0, 0.1) is 6.92 Å². The van der Waals surface area contributed by atoms with Crippen molar-refractivity contribution in [2.45, 2.75) is 13.0 Å². The van der Waals surface area contributed by atoms with Gasteiger partial charge in [-0.15, -0.1) is 0 Å². The first kappa shape index (κ1) is 12.7. The standard InChI is InChI=1S/C15H15NO4/c1-9-3-4-16-7-11(9)14(17)10-5-12(18-2)15-13(6-10)19-8-20-15/h3-7,14,17H,8H2,1-2H3. The van der Waals surface area contributed by atoms with E-state index in [0.29, 0.717) is 22.8 Å². The van der Waals surface area contributed by atoms with Gasteiger partial charge in [0.2, 0.25) is 12.5 Å². The molecule has 3 rings (SSSR count). The van der Waals surface area contributed by atoms with Crippen molar-refractivity contribution in [2.24, 2.45) is 0 Å². The maximum Gasteiger partial charge on any atom is 0.231 e. The first-order valence-electron chi connectivity index (χ1n) is 6.27. The number of fused-ring (bicyclic) bond motifs is 1. The Balaban J connectivity index is 2.04. The highest BCUT2D eigenvalue weighted by atomic mass is 16.7. The SMILES string of the molecule is COc1cc(C(O)c2cnccc2C)cc2c1OCO2. The largest absolute Gasteiger partial charge is 0.493 e. The summed E-state index contributed by atoms with van der Waals surface area (Å²) in [6.07, 6.45) is 2.58. The normalized spacial score (nSPS) is 14.2. The lowest BCUT2D eigenvalue weighted by Crippen LogP contribution is -2.03. The number of aromatic nitrogens is 1. The highest BCUT2D eigenvalue weighted by molar-refractivity contribution is 5.56. The molecule has 0 aliphatic carbocycles. The molecule has 2 heterocycles. The second-order valence-corrected chi connectivity index (χ2v) is 4.59. The summed E-state index contributed by atoms with van der Waals surface area (Å²) < 4.78 is 16.0. The third kappa shape index (κ3) is 2.06. The minimum Gasteiger partial charge on any atom is -0.493 e. The van der Waals surface area contributed by atoms with Crippen LogP contribution in [0.5, 0.6) is 17.2 Å². The maximum atomic E-state index is 10.5. The van der Waals surface area contributed by atoms with E-state index >= 15 is 0 Å². The van der Waals surface area contributed by atoms with E-state index in [9.17, 15) is 5.11 Å². The van der Waals surface area contributed by atoms with Gasteiger partial charge in [-0.2, -0.15) is 0 Å². The number of benzene rings is 1. The van der Waals surface area contributed by atoms with Gasteiger partial charge in [0.15, 0.2) is 11.5 Å². The fourth-order valence-corrected chi connectivity index (χ4v) is 2.25. The van der Waals surface area contributed by atoms with Crippen molar-refractivity contribution in [2.75, 3.05) is 13.9 Å². The Bertz CT molecular complexity index is 642. The molecule has 0 radical (unpaired) electrons. The summed E-state index contributed by atoms with van der Waals surface area (Å²) in [4.78, 5) is 4.06. The van der Waals surface area contributed by atoms with Gasteiger partial charge in [0.05, 0.1) is 7.11 Å². The zero-order valence-electron chi connectivity index (χ0n) is 11.3. The summed E-state index contributed by atoms with van der Waals surface area (Å²) in [5.41, 5.74) is 2.42. The molecule has 1 aliphatic heterocycles. The molecule has 0 saturated heterocycles. The summed E-state index contributed by atoms with van der Waals surface area (Å²) >= 11 is 0. The predicted octanol–water partition coefficient (Wildman–Crippen LogP) is 2.21. The predicted molar refractivity (Wildman–Crippen MR) is 72.2 cm³/mol. The molecule has 104 valence electrons. The van der Waals surface area contributed by atoms with Gasteiger partial charge in [-0.3, -0.25) is 4.98 Å². The van der Waals surface area contributed by atoms with Crippen LogP contribution in [0.25, 0.3) is 0 Å². The number of aryl methyl sites for hydroxylation is 1. The van der Waals surface area contributed by atoms with E-state index in [4.69, 9.17) is 14.2 Å². The molecule has 20 heavy (non-hydrogen) atoms. The minimum absolute atomic E-state index is 0.164. The number of hydrogen-bond donors (Lipinski definition) is 1. The maximum absolute atomic E-state index is 10.5. The molecular weight excluding hydrogens is 258 g/mol. The lowest BCUT2D eigenvalue weighted by molar-refractivity contribution is 0.171. The molecule has 1 unspecified atom stereocenters. The summed E-state index contributed by atoms with van der Waals surface area (Å²) in [5.74, 6) is 1.71. The third-order valence-corrected chi connectivity index (χ3v) is 3.37. The summed E-state index contributed by atoms with van der Waals surface area (Å²) in [7, 11) is 1.56. The molecule has 0 bridgehead atoms. The molecule has 1 N–H and O–H groups in total. The molecule has 0 fully saturated rings. The van der Waals surface area contributed by atoms with Crippen molar-refractivity contribution in [1.82, 2.24) is 4.98 Å². The average molecular weight is 273 g/mol. The summed E-state index contributed by atoms with van der Waals surface area (Å²) in [6, 6.07) is 5.38. The monoisotopic (exact) mass is 273 g/mol. The van der Waals surface area contributed by atoms with Crippen LogP contribution in [0.3, 0.4) is 0 Å². The average Bonchev–Trinajstić information content (AvgIpc) is 2.94. The van der Waals surface area contributed by atoms with Gasteiger partial charge >= 0.3 is 0 Å².